The minimum absolute atomic E-state index is 0.0693. The Morgan fingerprint density at radius 2 is 1.70 bits per heavy atom. The number of amides is 1. The lowest BCUT2D eigenvalue weighted by Gasteiger charge is -2.26. The molecule has 0 saturated heterocycles. The topological polar surface area (TPSA) is 23.6 Å². The largest absolute Gasteiger partial charge is 0.314 e. The van der Waals surface area contributed by atoms with E-state index in [1.165, 1.54) is 11.1 Å². The average Bonchev–Trinajstić information content (AvgIpc) is 2.64. The Morgan fingerprint density at radius 1 is 1.00 bits per heavy atom. The van der Waals surface area contributed by atoms with E-state index in [-0.39, 0.29) is 11.9 Å². The van der Waals surface area contributed by atoms with Gasteiger partial charge in [-0.3, -0.25) is 9.69 Å². The molecule has 3 nitrogen and oxygen atoms in total. The van der Waals surface area contributed by atoms with Crippen LogP contribution in [0.5, 0.6) is 0 Å². The minimum Gasteiger partial charge on any atom is -0.314 e. The number of rotatable bonds is 0. The summed E-state index contributed by atoms with van der Waals surface area (Å²) in [7, 11) is 2.06. The molecule has 2 aliphatic rings. The zero-order valence-corrected chi connectivity index (χ0v) is 11.4. The molecule has 2 heterocycles. The van der Waals surface area contributed by atoms with Crippen molar-refractivity contribution in [2.75, 3.05) is 13.7 Å². The zero-order valence-electron chi connectivity index (χ0n) is 11.4. The highest BCUT2D eigenvalue weighted by atomic mass is 16.2. The summed E-state index contributed by atoms with van der Waals surface area (Å²) in [6.07, 6.45) is 0. The van der Waals surface area contributed by atoms with Crippen LogP contribution in [-0.4, -0.2) is 29.4 Å². The molecule has 2 aromatic rings. The monoisotopic (exact) mass is 264 g/mol. The first-order valence-corrected chi connectivity index (χ1v) is 6.92. The van der Waals surface area contributed by atoms with Gasteiger partial charge in [-0.05, 0) is 29.8 Å². The van der Waals surface area contributed by atoms with Gasteiger partial charge >= 0.3 is 0 Å². The van der Waals surface area contributed by atoms with Gasteiger partial charge in [0.1, 0.15) is 0 Å². The van der Waals surface area contributed by atoms with E-state index in [4.69, 9.17) is 0 Å². The van der Waals surface area contributed by atoms with E-state index < -0.39 is 0 Å². The standard InChI is InChI=1S/C17H16N2O/c1-18-10-12-6-2-3-7-13(12)16-14-8-4-5-9-15(14)17(20)19(16)11-18/h2-9,16H,10-11H2,1H3. The van der Waals surface area contributed by atoms with Crippen molar-refractivity contribution < 1.29 is 4.79 Å². The Bertz CT molecular complexity index is 695. The van der Waals surface area contributed by atoms with Crippen LogP contribution in [0.3, 0.4) is 0 Å². The quantitative estimate of drug-likeness (QED) is 0.730. The van der Waals surface area contributed by atoms with E-state index in [0.29, 0.717) is 6.67 Å². The van der Waals surface area contributed by atoms with E-state index >= 15 is 0 Å². The van der Waals surface area contributed by atoms with Gasteiger partial charge in [0.05, 0.1) is 12.7 Å². The van der Waals surface area contributed by atoms with Gasteiger partial charge in [-0.1, -0.05) is 42.5 Å². The molecule has 0 fully saturated rings. The molecule has 0 aromatic heterocycles. The molecule has 0 aliphatic carbocycles. The third kappa shape index (κ3) is 1.53. The highest BCUT2D eigenvalue weighted by Gasteiger charge is 2.40. The third-order valence-corrected chi connectivity index (χ3v) is 4.24. The molecule has 4 rings (SSSR count). The maximum absolute atomic E-state index is 12.6. The summed E-state index contributed by atoms with van der Waals surface area (Å²) in [5.41, 5.74) is 4.56. The number of fused-ring (bicyclic) bond motifs is 5. The highest BCUT2D eigenvalue weighted by Crippen LogP contribution is 2.41. The van der Waals surface area contributed by atoms with Gasteiger partial charge in [-0.15, -0.1) is 0 Å². The Kier molecular flexibility index (Phi) is 2.44. The predicted octanol–water partition coefficient (Wildman–Crippen LogP) is 2.63. The van der Waals surface area contributed by atoms with Crippen LogP contribution < -0.4 is 0 Å². The summed E-state index contributed by atoms with van der Waals surface area (Å²) in [5, 5.41) is 0. The molecule has 1 atom stereocenters. The van der Waals surface area contributed by atoms with Gasteiger partial charge in [-0.25, -0.2) is 0 Å². The Labute approximate surface area is 118 Å². The summed E-state index contributed by atoms with van der Waals surface area (Å²) in [6.45, 7) is 1.56. The van der Waals surface area contributed by atoms with Crippen LogP contribution in [0.1, 0.15) is 33.1 Å². The van der Waals surface area contributed by atoms with Gasteiger partial charge in [0.2, 0.25) is 0 Å². The average molecular weight is 264 g/mol. The van der Waals surface area contributed by atoms with Crippen molar-refractivity contribution in [3.63, 3.8) is 0 Å². The minimum atomic E-state index is 0.0693. The number of benzene rings is 2. The molecule has 2 aromatic carbocycles. The molecule has 0 bridgehead atoms. The third-order valence-electron chi connectivity index (χ3n) is 4.24. The fourth-order valence-corrected chi connectivity index (χ4v) is 3.40. The predicted molar refractivity (Wildman–Crippen MR) is 77.2 cm³/mol. The first kappa shape index (κ1) is 11.7. The lowest BCUT2D eigenvalue weighted by Crippen LogP contribution is -2.35. The molecular formula is C17H16N2O. The van der Waals surface area contributed by atoms with Crippen LogP contribution in [0.4, 0.5) is 0 Å². The normalized spacial score (nSPS) is 21.1. The lowest BCUT2D eigenvalue weighted by atomic mass is 9.94. The molecule has 20 heavy (non-hydrogen) atoms. The zero-order chi connectivity index (χ0) is 13.7. The van der Waals surface area contributed by atoms with Crippen molar-refractivity contribution in [2.24, 2.45) is 0 Å². The first-order valence-electron chi connectivity index (χ1n) is 6.92. The molecule has 2 aliphatic heterocycles. The molecule has 100 valence electrons. The lowest BCUT2D eigenvalue weighted by molar-refractivity contribution is 0.0648. The molecule has 1 unspecified atom stereocenters. The maximum atomic E-state index is 12.6. The SMILES string of the molecule is CN1Cc2ccccc2C2c3ccccc3C(=O)N2C1. The molecule has 0 saturated carbocycles. The number of nitrogens with zero attached hydrogens (tertiary/aromatic N) is 2. The number of carbonyl (C=O) groups is 1. The van der Waals surface area contributed by atoms with E-state index in [1.807, 2.05) is 23.1 Å². The van der Waals surface area contributed by atoms with Gasteiger partial charge in [0, 0.05) is 12.1 Å². The molecule has 3 heteroatoms. The Hall–Kier alpha value is -2.13. The van der Waals surface area contributed by atoms with Crippen LogP contribution >= 0.6 is 0 Å². The second-order valence-electron chi connectivity index (χ2n) is 5.62. The summed E-state index contributed by atoms with van der Waals surface area (Å²) < 4.78 is 0. The van der Waals surface area contributed by atoms with Crippen molar-refractivity contribution >= 4 is 5.91 Å². The van der Waals surface area contributed by atoms with Gasteiger partial charge in [-0.2, -0.15) is 0 Å². The van der Waals surface area contributed by atoms with Crippen LogP contribution in [0.2, 0.25) is 0 Å². The molecule has 0 radical (unpaired) electrons. The summed E-state index contributed by atoms with van der Waals surface area (Å²) in [5.74, 6) is 0.147. The second-order valence-corrected chi connectivity index (χ2v) is 5.62. The van der Waals surface area contributed by atoms with E-state index in [0.717, 1.165) is 17.7 Å². The van der Waals surface area contributed by atoms with Crippen molar-refractivity contribution in [3.8, 4) is 0 Å². The summed E-state index contributed by atoms with van der Waals surface area (Å²) >= 11 is 0. The van der Waals surface area contributed by atoms with Gasteiger partial charge < -0.3 is 4.90 Å². The molecule has 0 spiro atoms. The van der Waals surface area contributed by atoms with Crippen molar-refractivity contribution in [1.29, 1.82) is 0 Å². The summed E-state index contributed by atoms with van der Waals surface area (Å²) in [6, 6.07) is 16.5. The Balaban J connectivity index is 1.96. The van der Waals surface area contributed by atoms with Gasteiger partial charge in [0.15, 0.2) is 0 Å². The van der Waals surface area contributed by atoms with Crippen LogP contribution in [0.25, 0.3) is 0 Å². The molecule has 0 N–H and O–H groups in total. The first-order chi connectivity index (χ1) is 9.75. The molecule has 1 amide bonds. The number of hydrogen-bond donors (Lipinski definition) is 0. The van der Waals surface area contributed by atoms with Crippen LogP contribution in [-0.2, 0) is 6.54 Å². The second kappa shape index (κ2) is 4.18. The number of carbonyl (C=O) groups excluding carboxylic acids is 1. The summed E-state index contributed by atoms with van der Waals surface area (Å²) in [4.78, 5) is 16.8. The van der Waals surface area contributed by atoms with E-state index in [9.17, 15) is 4.79 Å². The maximum Gasteiger partial charge on any atom is 0.256 e. The van der Waals surface area contributed by atoms with Gasteiger partial charge in [0.25, 0.3) is 5.91 Å². The van der Waals surface area contributed by atoms with Crippen molar-refractivity contribution in [1.82, 2.24) is 9.80 Å². The van der Waals surface area contributed by atoms with E-state index in [1.54, 1.807) is 0 Å². The fourth-order valence-electron chi connectivity index (χ4n) is 3.40. The Morgan fingerprint density at radius 3 is 2.55 bits per heavy atom. The highest BCUT2D eigenvalue weighted by molar-refractivity contribution is 5.99. The van der Waals surface area contributed by atoms with Crippen LogP contribution in [0.15, 0.2) is 48.5 Å². The van der Waals surface area contributed by atoms with E-state index in [2.05, 4.69) is 42.3 Å². The number of hydrogen-bond acceptors (Lipinski definition) is 2. The fraction of sp³-hybridized carbons (Fsp3) is 0.235. The molecular weight excluding hydrogens is 248 g/mol. The van der Waals surface area contributed by atoms with Crippen LogP contribution in [0, 0.1) is 0 Å². The van der Waals surface area contributed by atoms with Crippen molar-refractivity contribution in [3.05, 3.63) is 70.8 Å². The van der Waals surface area contributed by atoms with Crippen molar-refractivity contribution in [2.45, 2.75) is 12.6 Å². The smallest absolute Gasteiger partial charge is 0.256 e.